The molecule has 0 spiro atoms. The van der Waals surface area contributed by atoms with E-state index in [0.717, 1.165) is 0 Å². The fourth-order valence-corrected chi connectivity index (χ4v) is 0.985. The Hall–Kier alpha value is -1.06. The van der Waals surface area contributed by atoms with Gasteiger partial charge in [-0.2, -0.15) is 0 Å². The summed E-state index contributed by atoms with van der Waals surface area (Å²) in [5, 5.41) is 33.7. The van der Waals surface area contributed by atoms with Crippen molar-refractivity contribution in [3.05, 3.63) is 0 Å². The zero-order chi connectivity index (χ0) is 12.9. The van der Waals surface area contributed by atoms with Gasteiger partial charge >= 0.3 is 61.8 Å². The zero-order valence-electron chi connectivity index (χ0n) is 7.74. The molecule has 0 aromatic rings. The van der Waals surface area contributed by atoms with Crippen molar-refractivity contribution >= 4 is 61.8 Å². The first-order valence-corrected chi connectivity index (χ1v) is 3.78. The molecule has 0 radical (unpaired) electrons. The Balaban J connectivity index is 0. The first-order chi connectivity index (χ1) is 7.19. The van der Waals surface area contributed by atoms with E-state index in [2.05, 4.69) is 4.74 Å². The minimum absolute atomic E-state index is 0. The monoisotopic (exact) mass is 278 g/mol. The number of hydrogen-bond donors (Lipinski definition) is 4. The maximum atomic E-state index is 10.7. The molecule has 0 aliphatic rings. The van der Waals surface area contributed by atoms with Crippen molar-refractivity contribution < 1.29 is 44.3 Å². The van der Waals surface area contributed by atoms with Crippen LogP contribution < -0.4 is 0 Å². The molecule has 0 heterocycles. The van der Waals surface area contributed by atoms with Crippen LogP contribution in [0.2, 0.25) is 0 Å². The van der Waals surface area contributed by atoms with E-state index in [1.807, 2.05) is 0 Å². The van der Waals surface area contributed by atoms with E-state index in [-0.39, 0.29) is 37.7 Å². The summed E-state index contributed by atoms with van der Waals surface area (Å²) < 4.78 is 3.88. The molecular weight excluding hydrogens is 268 g/mol. The van der Waals surface area contributed by atoms with Crippen LogP contribution in [-0.4, -0.2) is 87.8 Å². The predicted molar refractivity (Wildman–Crippen MR) is 52.5 cm³/mol. The van der Waals surface area contributed by atoms with E-state index in [9.17, 15) is 19.2 Å². The fraction of sp³-hybridized carbons (Fsp3) is 0.429. The van der Waals surface area contributed by atoms with E-state index in [1.54, 1.807) is 0 Å². The maximum absolute atomic E-state index is 10.7. The van der Waals surface area contributed by atoms with Gasteiger partial charge in [0.1, 0.15) is 0 Å². The summed E-state index contributed by atoms with van der Waals surface area (Å²) >= 11 is 0. The van der Waals surface area contributed by atoms with E-state index in [4.69, 9.17) is 20.4 Å². The second-order valence-electron chi connectivity index (χ2n) is 2.81. The quantitative estimate of drug-likeness (QED) is 0.336. The predicted octanol–water partition coefficient (Wildman–Crippen LogP) is -1.46. The van der Waals surface area contributed by atoms with E-state index in [1.165, 1.54) is 0 Å². The Bertz CT molecular complexity index is 295. The molecule has 0 fully saturated rings. The molecule has 4 N–H and O–H groups in total. The molecule has 0 aromatic heterocycles. The van der Waals surface area contributed by atoms with Crippen molar-refractivity contribution in [3.63, 3.8) is 0 Å². The van der Waals surface area contributed by atoms with Crippen LogP contribution in [0.15, 0.2) is 0 Å². The van der Waals surface area contributed by atoms with Gasteiger partial charge in [-0.3, -0.25) is 9.59 Å². The van der Waals surface area contributed by atoms with Crippen LogP contribution >= 0.6 is 0 Å². The van der Waals surface area contributed by atoms with Crippen LogP contribution in [0.3, 0.4) is 0 Å². The van der Waals surface area contributed by atoms with Crippen molar-refractivity contribution in [2.45, 2.75) is 18.4 Å². The summed E-state index contributed by atoms with van der Waals surface area (Å²) in [5.74, 6) is -5.35. The Morgan fingerprint density at radius 1 is 0.882 bits per heavy atom. The van der Waals surface area contributed by atoms with Gasteiger partial charge in [-0.05, 0) is 0 Å². The van der Waals surface area contributed by atoms with Gasteiger partial charge in [0.2, 0.25) is 5.60 Å². The molecule has 10 heteroatoms. The molecule has 0 aromatic carbocycles. The molecule has 0 unspecified atom stereocenters. The third kappa shape index (κ3) is 6.29. The van der Waals surface area contributed by atoms with Gasteiger partial charge in [-0.1, -0.05) is 0 Å². The first-order valence-electron chi connectivity index (χ1n) is 3.78. The molecular formula is C7H10CaO9. The number of carboxylic acids is 3. The number of rotatable bonds is 6. The van der Waals surface area contributed by atoms with Crippen LogP contribution in [0.25, 0.3) is 0 Å². The van der Waals surface area contributed by atoms with E-state index in [0.29, 0.717) is 0 Å². The van der Waals surface area contributed by atoms with Crippen molar-refractivity contribution in [2.24, 2.45) is 0 Å². The third-order valence-electron chi connectivity index (χ3n) is 1.55. The first kappa shape index (κ1) is 18.3. The molecule has 0 bridgehead atoms. The summed E-state index contributed by atoms with van der Waals surface area (Å²) in [6.07, 6.45) is -4.62. The van der Waals surface area contributed by atoms with Crippen molar-refractivity contribution in [1.82, 2.24) is 0 Å². The van der Waals surface area contributed by atoms with E-state index < -0.39 is 42.5 Å². The Kier molecular flexibility index (Phi) is 7.86. The molecule has 0 atom stereocenters. The van der Waals surface area contributed by atoms with Crippen LogP contribution in [-0.2, 0) is 19.1 Å². The Morgan fingerprint density at radius 3 is 1.41 bits per heavy atom. The number of hydrogen-bond acceptors (Lipinski definition) is 5. The van der Waals surface area contributed by atoms with Gasteiger partial charge in [0.05, 0.1) is 12.8 Å². The van der Waals surface area contributed by atoms with Gasteiger partial charge in [0, 0.05) is 0 Å². The van der Waals surface area contributed by atoms with Gasteiger partial charge in [0.25, 0.3) is 0 Å². The summed E-state index contributed by atoms with van der Waals surface area (Å²) in [5.41, 5.74) is -2.82. The number of aliphatic carboxylic acids is 3. The standard InChI is InChI=1S/C7H8O9.Ca.2H/c8-3(9)1-7(5(12)13,2-4(10)11)16-6(14)15;;;/h1-2H2,(H,8,9)(H,10,11)(H,12,13)(H,14,15);;;. The molecule has 0 aliphatic carbocycles. The molecule has 0 aliphatic heterocycles. The van der Waals surface area contributed by atoms with Crippen molar-refractivity contribution in [1.29, 1.82) is 0 Å². The average Bonchev–Trinajstić information content (AvgIpc) is 1.98. The third-order valence-corrected chi connectivity index (χ3v) is 1.55. The van der Waals surface area contributed by atoms with E-state index >= 15 is 0 Å². The minimum atomic E-state index is -2.82. The molecule has 0 saturated carbocycles. The summed E-state index contributed by atoms with van der Waals surface area (Å²) in [6, 6.07) is 0. The molecule has 94 valence electrons. The zero-order valence-corrected chi connectivity index (χ0v) is 7.74. The van der Waals surface area contributed by atoms with Crippen LogP contribution in [0.1, 0.15) is 12.8 Å². The van der Waals surface area contributed by atoms with Gasteiger partial charge < -0.3 is 25.2 Å². The topological polar surface area (TPSA) is 158 Å². The van der Waals surface area contributed by atoms with Gasteiger partial charge in [-0.25, -0.2) is 9.59 Å². The number of carboxylic acid groups (broad SMARTS) is 4. The second kappa shape index (κ2) is 7.30. The molecule has 0 saturated heterocycles. The fourth-order valence-electron chi connectivity index (χ4n) is 0.985. The average molecular weight is 278 g/mol. The second-order valence-corrected chi connectivity index (χ2v) is 2.81. The Morgan fingerprint density at radius 2 is 1.24 bits per heavy atom. The Labute approximate surface area is 124 Å². The molecule has 17 heavy (non-hydrogen) atoms. The van der Waals surface area contributed by atoms with Crippen LogP contribution in [0.5, 0.6) is 0 Å². The number of carbonyl (C=O) groups is 4. The van der Waals surface area contributed by atoms with Crippen LogP contribution in [0, 0.1) is 0 Å². The summed E-state index contributed by atoms with van der Waals surface area (Å²) in [4.78, 5) is 41.6. The molecule has 9 nitrogen and oxygen atoms in total. The van der Waals surface area contributed by atoms with Crippen LogP contribution in [0.4, 0.5) is 4.79 Å². The SMILES string of the molecule is O=C(O)CC(CC(=O)O)(OC(=O)O)C(=O)O.[CaH2]. The normalized spacial score (nSPS) is 9.88. The molecule has 0 amide bonds. The molecule has 0 rings (SSSR count). The summed E-state index contributed by atoms with van der Waals surface area (Å²) in [7, 11) is 0. The van der Waals surface area contributed by atoms with Gasteiger partial charge in [0.15, 0.2) is 0 Å². The van der Waals surface area contributed by atoms with Gasteiger partial charge in [-0.15, -0.1) is 0 Å². The van der Waals surface area contributed by atoms with Crippen molar-refractivity contribution in [3.8, 4) is 0 Å². The number of ether oxygens (including phenoxy) is 1. The van der Waals surface area contributed by atoms with Crippen molar-refractivity contribution in [2.75, 3.05) is 0 Å². The summed E-state index contributed by atoms with van der Waals surface area (Å²) in [6.45, 7) is 0.